The van der Waals surface area contributed by atoms with E-state index in [1.54, 1.807) is 0 Å². The smallest absolute Gasteiger partial charge is 0.264 e. The number of ether oxygens (including phenoxy) is 1. The average Bonchev–Trinajstić information content (AvgIpc) is 2.51. The molecule has 4 nitrogen and oxygen atoms in total. The lowest BCUT2D eigenvalue weighted by Gasteiger charge is -2.08. The minimum Gasteiger partial charge on any atom is -0.494 e. The van der Waals surface area contributed by atoms with Crippen LogP contribution in [0, 0.1) is 0 Å². The van der Waals surface area contributed by atoms with E-state index >= 15 is 0 Å². The van der Waals surface area contributed by atoms with E-state index in [9.17, 15) is 8.42 Å². The van der Waals surface area contributed by atoms with Crippen molar-refractivity contribution in [3.63, 3.8) is 0 Å². The van der Waals surface area contributed by atoms with E-state index in [1.165, 1.54) is 44.9 Å². The molecule has 0 N–H and O–H groups in total. The highest BCUT2D eigenvalue weighted by Gasteiger charge is 2.03. The van der Waals surface area contributed by atoms with Crippen LogP contribution in [-0.2, 0) is 20.9 Å². The van der Waals surface area contributed by atoms with Crippen LogP contribution >= 0.6 is 0 Å². The van der Waals surface area contributed by atoms with Gasteiger partial charge in [0, 0.05) is 0 Å². The van der Waals surface area contributed by atoms with Crippen molar-refractivity contribution in [1.29, 1.82) is 0 Å². The molecular weight excluding hydrogens is 312 g/mol. The number of hydrogen-bond acceptors (Lipinski definition) is 4. The fourth-order valence-corrected chi connectivity index (χ4v) is 2.68. The Morgan fingerprint density at radius 3 is 2.26 bits per heavy atom. The first-order valence-electron chi connectivity index (χ1n) is 8.57. The maximum atomic E-state index is 11.0. The second-order valence-electron chi connectivity index (χ2n) is 5.94. The third-order valence-corrected chi connectivity index (χ3v) is 4.15. The molecule has 0 amide bonds. The second-order valence-corrected chi connectivity index (χ2v) is 7.58. The predicted molar refractivity (Wildman–Crippen MR) is 94.2 cm³/mol. The van der Waals surface area contributed by atoms with Crippen molar-refractivity contribution in [3.05, 3.63) is 29.8 Å². The summed E-state index contributed by atoms with van der Waals surface area (Å²) in [4.78, 5) is 0. The summed E-state index contributed by atoms with van der Waals surface area (Å²) in [5, 5.41) is 0. The minimum atomic E-state index is -3.41. The van der Waals surface area contributed by atoms with E-state index in [0.29, 0.717) is 6.61 Å². The van der Waals surface area contributed by atoms with Crippen molar-refractivity contribution in [2.24, 2.45) is 0 Å². The molecule has 0 heterocycles. The Bertz CT molecular complexity index is 526. The van der Waals surface area contributed by atoms with Crippen LogP contribution in [0.1, 0.15) is 63.9 Å². The third kappa shape index (κ3) is 11.2. The molecule has 23 heavy (non-hydrogen) atoms. The molecule has 0 fully saturated rings. The summed E-state index contributed by atoms with van der Waals surface area (Å²) in [7, 11) is -3.41. The largest absolute Gasteiger partial charge is 0.494 e. The molecule has 0 spiro atoms. The molecule has 0 aliphatic carbocycles. The van der Waals surface area contributed by atoms with Crippen LogP contribution in [0.5, 0.6) is 5.75 Å². The van der Waals surface area contributed by atoms with Gasteiger partial charge in [-0.1, -0.05) is 64.0 Å². The molecule has 0 aliphatic rings. The van der Waals surface area contributed by atoms with Crippen LogP contribution in [0.25, 0.3) is 0 Å². The third-order valence-electron chi connectivity index (χ3n) is 3.60. The number of hydrogen-bond donors (Lipinski definition) is 0. The first kappa shape index (κ1) is 20.0. The highest BCUT2D eigenvalue weighted by Crippen LogP contribution is 2.15. The Morgan fingerprint density at radius 1 is 0.957 bits per heavy atom. The van der Waals surface area contributed by atoms with Gasteiger partial charge in [-0.3, -0.25) is 4.18 Å². The van der Waals surface area contributed by atoms with Crippen LogP contribution in [0.2, 0.25) is 0 Å². The Kier molecular flexibility index (Phi) is 9.96. The summed E-state index contributed by atoms with van der Waals surface area (Å²) in [6.07, 6.45) is 11.2. The summed E-state index contributed by atoms with van der Waals surface area (Å²) in [6.45, 7) is 2.98. The van der Waals surface area contributed by atoms with E-state index in [0.717, 1.165) is 24.0 Å². The van der Waals surface area contributed by atoms with Gasteiger partial charge in [0.1, 0.15) is 5.75 Å². The van der Waals surface area contributed by atoms with Crippen molar-refractivity contribution in [2.75, 3.05) is 12.9 Å². The van der Waals surface area contributed by atoms with Gasteiger partial charge in [0.2, 0.25) is 0 Å². The predicted octanol–water partition coefficient (Wildman–Crippen LogP) is 4.68. The van der Waals surface area contributed by atoms with Crippen LogP contribution in [0.15, 0.2) is 24.3 Å². The number of rotatable bonds is 13. The van der Waals surface area contributed by atoms with Crippen molar-refractivity contribution in [3.8, 4) is 5.75 Å². The number of unbranched alkanes of at least 4 members (excludes halogenated alkanes) is 7. The van der Waals surface area contributed by atoms with Gasteiger partial charge in [-0.15, -0.1) is 0 Å². The molecule has 1 aromatic rings. The van der Waals surface area contributed by atoms with Crippen LogP contribution in [0.3, 0.4) is 0 Å². The highest BCUT2D eigenvalue weighted by molar-refractivity contribution is 7.85. The minimum absolute atomic E-state index is 0.0494. The lowest BCUT2D eigenvalue weighted by atomic mass is 10.1. The summed E-state index contributed by atoms with van der Waals surface area (Å²) in [6, 6.07) is 7.39. The summed E-state index contributed by atoms with van der Waals surface area (Å²) in [5.41, 5.74) is 0.795. The Morgan fingerprint density at radius 2 is 1.61 bits per heavy atom. The van der Waals surface area contributed by atoms with E-state index in [2.05, 4.69) is 6.92 Å². The van der Waals surface area contributed by atoms with Gasteiger partial charge in [0.25, 0.3) is 10.1 Å². The zero-order chi connectivity index (χ0) is 17.0. The quantitative estimate of drug-likeness (QED) is 0.386. The Hall–Kier alpha value is -1.07. The van der Waals surface area contributed by atoms with Crippen molar-refractivity contribution < 1.29 is 17.3 Å². The molecule has 0 saturated carbocycles. The molecule has 5 heteroatoms. The summed E-state index contributed by atoms with van der Waals surface area (Å²) >= 11 is 0. The first-order valence-corrected chi connectivity index (χ1v) is 10.4. The topological polar surface area (TPSA) is 52.6 Å². The van der Waals surface area contributed by atoms with E-state index < -0.39 is 10.1 Å². The second kappa shape index (κ2) is 11.5. The molecule has 0 bridgehead atoms. The SMILES string of the molecule is CCCCCCCCCCOc1cccc(COS(C)(=O)=O)c1. The maximum absolute atomic E-state index is 11.0. The fraction of sp³-hybridized carbons (Fsp3) is 0.667. The van der Waals surface area contributed by atoms with Crippen LogP contribution in [0.4, 0.5) is 0 Å². The molecule has 1 rings (SSSR count). The van der Waals surface area contributed by atoms with Crippen molar-refractivity contribution >= 4 is 10.1 Å². The Labute approximate surface area is 141 Å². The molecule has 0 radical (unpaired) electrons. The van der Waals surface area contributed by atoms with Gasteiger partial charge in [-0.05, 0) is 24.1 Å². The molecule has 0 aromatic heterocycles. The van der Waals surface area contributed by atoms with Crippen molar-refractivity contribution in [2.45, 2.75) is 64.9 Å². The zero-order valence-corrected chi connectivity index (χ0v) is 15.2. The standard InChI is InChI=1S/C18H30O4S/c1-3-4-5-6-7-8-9-10-14-21-18-13-11-12-17(15-18)16-22-23(2,19)20/h11-13,15H,3-10,14,16H2,1-2H3. The van der Waals surface area contributed by atoms with Gasteiger partial charge in [0.15, 0.2) is 0 Å². The van der Waals surface area contributed by atoms with Crippen molar-refractivity contribution in [1.82, 2.24) is 0 Å². The Balaban J connectivity index is 2.15. The fourth-order valence-electron chi connectivity index (χ4n) is 2.33. The van der Waals surface area contributed by atoms with E-state index in [-0.39, 0.29) is 6.61 Å². The lowest BCUT2D eigenvalue weighted by Crippen LogP contribution is -2.03. The van der Waals surface area contributed by atoms with Gasteiger partial charge in [-0.25, -0.2) is 0 Å². The molecule has 0 unspecified atom stereocenters. The monoisotopic (exact) mass is 342 g/mol. The summed E-state index contributed by atoms with van der Waals surface area (Å²) < 4.78 is 32.5. The van der Waals surface area contributed by atoms with Gasteiger partial charge in [-0.2, -0.15) is 8.42 Å². The lowest BCUT2D eigenvalue weighted by molar-refractivity contribution is 0.297. The molecule has 0 aliphatic heterocycles. The molecule has 0 saturated heterocycles. The van der Waals surface area contributed by atoms with E-state index in [4.69, 9.17) is 8.92 Å². The van der Waals surface area contributed by atoms with Crippen LogP contribution in [-0.4, -0.2) is 21.3 Å². The highest BCUT2D eigenvalue weighted by atomic mass is 32.2. The van der Waals surface area contributed by atoms with E-state index in [1.807, 2.05) is 24.3 Å². The maximum Gasteiger partial charge on any atom is 0.264 e. The summed E-state index contributed by atoms with van der Waals surface area (Å²) in [5.74, 6) is 0.766. The van der Waals surface area contributed by atoms with Gasteiger partial charge in [0.05, 0.1) is 19.5 Å². The molecular formula is C18H30O4S. The molecule has 1 aromatic carbocycles. The normalized spacial score (nSPS) is 11.6. The molecule has 0 atom stereocenters. The first-order chi connectivity index (χ1) is 11.0. The van der Waals surface area contributed by atoms with Gasteiger partial charge >= 0.3 is 0 Å². The van der Waals surface area contributed by atoms with Gasteiger partial charge < -0.3 is 4.74 Å². The average molecular weight is 343 g/mol. The molecule has 132 valence electrons. The number of benzene rings is 1. The zero-order valence-electron chi connectivity index (χ0n) is 14.4. The van der Waals surface area contributed by atoms with Crippen LogP contribution < -0.4 is 4.74 Å².